The number of cyclic esters (lactones) is 1. The first-order valence-corrected chi connectivity index (χ1v) is 9.08. The van der Waals surface area contributed by atoms with Crippen LogP contribution in [0.5, 0.6) is 11.5 Å². The fraction of sp³-hybridized carbons (Fsp3) is 0.0476. The second kappa shape index (κ2) is 6.25. The summed E-state index contributed by atoms with van der Waals surface area (Å²) in [6.07, 6.45) is 1.67. The topological polar surface area (TPSA) is 57.1 Å². The van der Waals surface area contributed by atoms with Gasteiger partial charge in [0, 0.05) is 10.0 Å². The number of ether oxygens (including phenoxy) is 3. The van der Waals surface area contributed by atoms with Crippen molar-refractivity contribution >= 4 is 44.6 Å². The smallest absolute Gasteiger partial charge is 0.363 e. The van der Waals surface area contributed by atoms with E-state index in [1.165, 1.54) is 0 Å². The highest BCUT2D eigenvalue weighted by Gasteiger charge is 2.26. The molecule has 0 aliphatic carbocycles. The molecule has 0 saturated carbocycles. The number of halogens is 1. The molecule has 0 saturated heterocycles. The molecule has 0 radical (unpaired) electrons. The number of hydrogen-bond donors (Lipinski definition) is 0. The van der Waals surface area contributed by atoms with Crippen molar-refractivity contribution in [1.82, 2.24) is 0 Å². The fourth-order valence-corrected chi connectivity index (χ4v) is 3.56. The first-order chi connectivity index (χ1) is 13.2. The molecule has 27 heavy (non-hydrogen) atoms. The molecule has 0 fully saturated rings. The molecule has 5 rings (SSSR count). The summed E-state index contributed by atoms with van der Waals surface area (Å²) < 4.78 is 17.0. The Balaban J connectivity index is 1.58. The Morgan fingerprint density at radius 3 is 2.67 bits per heavy atom. The number of aliphatic imine (C=N–C) groups is 1. The normalized spacial score (nSPS) is 16.7. The van der Waals surface area contributed by atoms with Crippen LogP contribution in [0.4, 0.5) is 0 Å². The number of nitrogens with zero attached hydrogens (tertiary/aromatic N) is 1. The Kier molecular flexibility index (Phi) is 3.72. The van der Waals surface area contributed by atoms with Gasteiger partial charge in [0.25, 0.3) is 0 Å². The SMILES string of the molecule is O=C1OC(c2cccc3ccccc23)=N/C1=C/c1cc2c(cc1Br)OCO2. The van der Waals surface area contributed by atoms with Gasteiger partial charge < -0.3 is 14.2 Å². The molecule has 2 heterocycles. The third kappa shape index (κ3) is 2.78. The van der Waals surface area contributed by atoms with E-state index in [-0.39, 0.29) is 12.5 Å². The molecular weight excluding hydrogens is 410 g/mol. The summed E-state index contributed by atoms with van der Waals surface area (Å²) in [5.41, 5.74) is 1.78. The summed E-state index contributed by atoms with van der Waals surface area (Å²) in [7, 11) is 0. The van der Waals surface area contributed by atoms with Crippen LogP contribution in [0.25, 0.3) is 16.8 Å². The van der Waals surface area contributed by atoms with Gasteiger partial charge in [-0.15, -0.1) is 0 Å². The van der Waals surface area contributed by atoms with E-state index in [0.29, 0.717) is 17.4 Å². The average molecular weight is 422 g/mol. The molecule has 2 aliphatic heterocycles. The van der Waals surface area contributed by atoms with Gasteiger partial charge in [0.2, 0.25) is 12.7 Å². The van der Waals surface area contributed by atoms with E-state index in [0.717, 1.165) is 26.4 Å². The van der Waals surface area contributed by atoms with E-state index >= 15 is 0 Å². The van der Waals surface area contributed by atoms with Crippen LogP contribution in [0.3, 0.4) is 0 Å². The molecule has 6 heteroatoms. The maximum Gasteiger partial charge on any atom is 0.363 e. The molecule has 0 atom stereocenters. The monoisotopic (exact) mass is 421 g/mol. The van der Waals surface area contributed by atoms with E-state index in [1.54, 1.807) is 12.1 Å². The van der Waals surface area contributed by atoms with Crippen LogP contribution < -0.4 is 9.47 Å². The van der Waals surface area contributed by atoms with Crippen LogP contribution in [0.2, 0.25) is 0 Å². The quantitative estimate of drug-likeness (QED) is 0.445. The maximum absolute atomic E-state index is 12.4. The number of carbonyl (C=O) groups is 1. The molecule has 0 N–H and O–H groups in total. The van der Waals surface area contributed by atoms with Crippen molar-refractivity contribution in [3.05, 3.63) is 75.9 Å². The van der Waals surface area contributed by atoms with Crippen LogP contribution in [0, 0.1) is 0 Å². The van der Waals surface area contributed by atoms with Crippen molar-refractivity contribution in [3.63, 3.8) is 0 Å². The third-order valence-corrected chi connectivity index (χ3v) is 5.11. The lowest BCUT2D eigenvalue weighted by molar-refractivity contribution is -0.129. The van der Waals surface area contributed by atoms with Gasteiger partial charge in [-0.05, 0) is 40.6 Å². The molecule has 2 aliphatic rings. The van der Waals surface area contributed by atoms with Crippen molar-refractivity contribution in [1.29, 1.82) is 0 Å². The molecule has 132 valence electrons. The Bertz CT molecular complexity index is 1160. The highest BCUT2D eigenvalue weighted by molar-refractivity contribution is 9.10. The predicted octanol–water partition coefficient (Wildman–Crippen LogP) is 4.68. The van der Waals surface area contributed by atoms with Crippen molar-refractivity contribution < 1.29 is 19.0 Å². The van der Waals surface area contributed by atoms with E-state index in [9.17, 15) is 4.79 Å². The summed E-state index contributed by atoms with van der Waals surface area (Å²) in [4.78, 5) is 16.8. The van der Waals surface area contributed by atoms with Gasteiger partial charge in [-0.2, -0.15) is 0 Å². The van der Waals surface area contributed by atoms with Gasteiger partial charge in [-0.3, -0.25) is 0 Å². The summed E-state index contributed by atoms with van der Waals surface area (Å²) in [5, 5.41) is 2.04. The highest BCUT2D eigenvalue weighted by Crippen LogP contribution is 2.38. The number of hydrogen-bond acceptors (Lipinski definition) is 5. The molecule has 3 aromatic rings. The van der Waals surface area contributed by atoms with E-state index in [2.05, 4.69) is 20.9 Å². The standard InChI is InChI=1S/C21H12BrNO4/c22-16-10-19-18(25-11-26-19)9-13(16)8-17-21(24)27-20(23-17)15-7-3-5-12-4-1-2-6-14(12)15/h1-10H,11H2/b17-8+. The van der Waals surface area contributed by atoms with Gasteiger partial charge in [-0.25, -0.2) is 9.79 Å². The number of benzene rings is 3. The number of esters is 1. The molecule has 0 unspecified atom stereocenters. The lowest BCUT2D eigenvalue weighted by atomic mass is 10.0. The second-order valence-corrected chi connectivity index (χ2v) is 6.94. The second-order valence-electron chi connectivity index (χ2n) is 6.09. The van der Waals surface area contributed by atoms with Gasteiger partial charge in [0.1, 0.15) is 0 Å². The minimum Gasteiger partial charge on any atom is -0.454 e. The molecular formula is C21H12BrNO4. The van der Waals surface area contributed by atoms with Gasteiger partial charge in [-0.1, -0.05) is 52.3 Å². The highest BCUT2D eigenvalue weighted by atomic mass is 79.9. The first kappa shape index (κ1) is 16.1. The van der Waals surface area contributed by atoms with Crippen LogP contribution in [-0.4, -0.2) is 18.7 Å². The zero-order valence-electron chi connectivity index (χ0n) is 13.9. The molecule has 0 bridgehead atoms. The van der Waals surface area contributed by atoms with Gasteiger partial charge in [0.05, 0.1) is 0 Å². The minimum absolute atomic E-state index is 0.188. The molecule has 0 aromatic heterocycles. The third-order valence-electron chi connectivity index (χ3n) is 4.42. The summed E-state index contributed by atoms with van der Waals surface area (Å²) in [5.74, 6) is 1.12. The lowest BCUT2D eigenvalue weighted by Crippen LogP contribution is -2.05. The van der Waals surface area contributed by atoms with Crippen LogP contribution >= 0.6 is 15.9 Å². The first-order valence-electron chi connectivity index (χ1n) is 8.29. The van der Waals surface area contributed by atoms with Crippen LogP contribution in [0.1, 0.15) is 11.1 Å². The van der Waals surface area contributed by atoms with Gasteiger partial charge >= 0.3 is 5.97 Å². The molecule has 0 amide bonds. The zero-order valence-corrected chi connectivity index (χ0v) is 15.5. The Hall–Kier alpha value is -3.12. The fourth-order valence-electron chi connectivity index (χ4n) is 3.13. The zero-order chi connectivity index (χ0) is 18.4. The van der Waals surface area contributed by atoms with E-state index in [4.69, 9.17) is 14.2 Å². The van der Waals surface area contributed by atoms with Crippen LogP contribution in [-0.2, 0) is 9.53 Å². The summed E-state index contributed by atoms with van der Waals surface area (Å²) >= 11 is 3.49. The Labute approximate surface area is 163 Å². The number of rotatable bonds is 2. The Morgan fingerprint density at radius 2 is 1.78 bits per heavy atom. The minimum atomic E-state index is -0.484. The average Bonchev–Trinajstić information content (AvgIpc) is 3.28. The van der Waals surface area contributed by atoms with Crippen LogP contribution in [0.15, 0.2) is 69.8 Å². The predicted molar refractivity (Wildman–Crippen MR) is 105 cm³/mol. The largest absolute Gasteiger partial charge is 0.454 e. The molecule has 3 aromatic carbocycles. The number of carbonyl (C=O) groups excluding carboxylic acids is 1. The van der Waals surface area contributed by atoms with Crippen molar-refractivity contribution in [2.45, 2.75) is 0 Å². The van der Waals surface area contributed by atoms with Crippen molar-refractivity contribution in [3.8, 4) is 11.5 Å². The number of fused-ring (bicyclic) bond motifs is 2. The van der Waals surface area contributed by atoms with Crippen molar-refractivity contribution in [2.75, 3.05) is 6.79 Å². The molecule has 0 spiro atoms. The summed E-state index contributed by atoms with van der Waals surface area (Å²) in [6, 6.07) is 17.4. The maximum atomic E-state index is 12.4. The molecule has 5 nitrogen and oxygen atoms in total. The van der Waals surface area contributed by atoms with Gasteiger partial charge in [0.15, 0.2) is 17.2 Å². The lowest BCUT2D eigenvalue weighted by Gasteiger charge is -2.04. The van der Waals surface area contributed by atoms with E-state index in [1.807, 2.05) is 48.5 Å². The Morgan fingerprint density at radius 1 is 1.00 bits per heavy atom. The van der Waals surface area contributed by atoms with Crippen molar-refractivity contribution in [2.24, 2.45) is 4.99 Å². The summed E-state index contributed by atoms with van der Waals surface area (Å²) in [6.45, 7) is 0.188. The van der Waals surface area contributed by atoms with E-state index < -0.39 is 5.97 Å².